The molecule has 1 aromatic carbocycles. The highest BCUT2D eigenvalue weighted by molar-refractivity contribution is 14.1. The second-order valence-electron chi connectivity index (χ2n) is 2.77. The van der Waals surface area contributed by atoms with Gasteiger partial charge in [-0.25, -0.2) is 4.79 Å². The monoisotopic (exact) mass is 306 g/mol. The standard InChI is InChI=1S/C10H11IO3/c1-7-5-8(11)3-4-9(7)14-6-10(12)13-2/h3-5H,6H2,1-2H3. The molecule has 0 spiro atoms. The van der Waals surface area contributed by atoms with E-state index < -0.39 is 0 Å². The van der Waals surface area contributed by atoms with Crippen molar-refractivity contribution in [3.8, 4) is 5.75 Å². The predicted octanol–water partition coefficient (Wildman–Crippen LogP) is 2.15. The molecule has 0 aliphatic rings. The quantitative estimate of drug-likeness (QED) is 0.634. The minimum absolute atomic E-state index is 0.0437. The first-order chi connectivity index (χ1) is 6.63. The summed E-state index contributed by atoms with van der Waals surface area (Å²) >= 11 is 2.22. The second kappa shape index (κ2) is 5.19. The van der Waals surface area contributed by atoms with Crippen molar-refractivity contribution in [2.45, 2.75) is 6.92 Å². The molecule has 0 heterocycles. The van der Waals surface area contributed by atoms with Crippen LogP contribution in [0.25, 0.3) is 0 Å². The van der Waals surface area contributed by atoms with Gasteiger partial charge in [-0.15, -0.1) is 0 Å². The predicted molar refractivity (Wildman–Crippen MR) is 61.4 cm³/mol. The lowest BCUT2D eigenvalue weighted by atomic mass is 10.2. The van der Waals surface area contributed by atoms with Crippen LogP contribution in [0.2, 0.25) is 0 Å². The lowest BCUT2D eigenvalue weighted by Gasteiger charge is -2.07. The number of ether oxygens (including phenoxy) is 2. The zero-order valence-corrected chi connectivity index (χ0v) is 10.2. The van der Waals surface area contributed by atoms with E-state index in [2.05, 4.69) is 27.3 Å². The van der Waals surface area contributed by atoms with Crippen molar-refractivity contribution in [2.24, 2.45) is 0 Å². The molecule has 1 aromatic rings. The molecule has 1 rings (SSSR count). The summed E-state index contributed by atoms with van der Waals surface area (Å²) in [6, 6.07) is 5.77. The first-order valence-corrected chi connectivity index (χ1v) is 5.17. The highest BCUT2D eigenvalue weighted by atomic mass is 127. The number of methoxy groups -OCH3 is 1. The zero-order valence-electron chi connectivity index (χ0n) is 8.04. The normalized spacial score (nSPS) is 9.64. The van der Waals surface area contributed by atoms with Gasteiger partial charge in [0.2, 0.25) is 0 Å². The fourth-order valence-corrected chi connectivity index (χ4v) is 1.62. The molecule has 0 aromatic heterocycles. The summed E-state index contributed by atoms with van der Waals surface area (Å²) < 4.78 is 10.9. The Hall–Kier alpha value is -0.780. The van der Waals surface area contributed by atoms with Crippen molar-refractivity contribution in [2.75, 3.05) is 13.7 Å². The average Bonchev–Trinajstić information content (AvgIpc) is 2.16. The molecule has 3 nitrogen and oxygen atoms in total. The van der Waals surface area contributed by atoms with Crippen molar-refractivity contribution < 1.29 is 14.3 Å². The van der Waals surface area contributed by atoms with Crippen LogP contribution in [0, 0.1) is 10.5 Å². The van der Waals surface area contributed by atoms with Crippen LogP contribution in [0.4, 0.5) is 0 Å². The van der Waals surface area contributed by atoms with Crippen molar-refractivity contribution in [3.63, 3.8) is 0 Å². The van der Waals surface area contributed by atoms with Gasteiger partial charge in [-0.05, 0) is 53.3 Å². The zero-order chi connectivity index (χ0) is 10.6. The third-order valence-electron chi connectivity index (χ3n) is 1.71. The SMILES string of the molecule is COC(=O)COc1ccc(I)cc1C. The van der Waals surface area contributed by atoms with Crippen LogP contribution in [-0.4, -0.2) is 19.7 Å². The van der Waals surface area contributed by atoms with Gasteiger partial charge in [0.15, 0.2) is 6.61 Å². The van der Waals surface area contributed by atoms with Crippen LogP contribution in [0.5, 0.6) is 5.75 Å². The summed E-state index contributed by atoms with van der Waals surface area (Å²) in [5.74, 6) is 0.346. The molecule has 0 fully saturated rings. The lowest BCUT2D eigenvalue weighted by Crippen LogP contribution is -2.12. The number of hydrogen-bond donors (Lipinski definition) is 0. The van der Waals surface area contributed by atoms with Gasteiger partial charge in [-0.3, -0.25) is 0 Å². The van der Waals surface area contributed by atoms with E-state index in [1.807, 2.05) is 25.1 Å². The van der Waals surface area contributed by atoms with Crippen molar-refractivity contribution in [3.05, 3.63) is 27.3 Å². The number of rotatable bonds is 3. The molecule has 14 heavy (non-hydrogen) atoms. The van der Waals surface area contributed by atoms with Crippen molar-refractivity contribution in [1.82, 2.24) is 0 Å². The Bertz CT molecular complexity index is 336. The molecule has 0 atom stereocenters. The van der Waals surface area contributed by atoms with Gasteiger partial charge in [0.1, 0.15) is 5.75 Å². The van der Waals surface area contributed by atoms with Gasteiger partial charge < -0.3 is 9.47 Å². The highest BCUT2D eigenvalue weighted by Gasteiger charge is 2.04. The van der Waals surface area contributed by atoms with E-state index in [0.29, 0.717) is 0 Å². The molecule has 0 saturated heterocycles. The van der Waals surface area contributed by atoms with Crippen LogP contribution in [0.1, 0.15) is 5.56 Å². The van der Waals surface area contributed by atoms with Crippen LogP contribution in [0.15, 0.2) is 18.2 Å². The Morgan fingerprint density at radius 3 is 2.79 bits per heavy atom. The van der Waals surface area contributed by atoms with E-state index in [4.69, 9.17) is 4.74 Å². The summed E-state index contributed by atoms with van der Waals surface area (Å²) in [4.78, 5) is 10.8. The van der Waals surface area contributed by atoms with E-state index >= 15 is 0 Å². The summed E-state index contributed by atoms with van der Waals surface area (Å²) in [7, 11) is 1.34. The third-order valence-corrected chi connectivity index (χ3v) is 2.38. The number of carbonyl (C=O) groups is 1. The Balaban J connectivity index is 2.63. The fourth-order valence-electron chi connectivity index (χ4n) is 0.970. The molecule has 0 saturated carbocycles. The molecule has 0 radical (unpaired) electrons. The number of halogens is 1. The number of hydrogen-bond acceptors (Lipinski definition) is 3. The van der Waals surface area contributed by atoms with E-state index in [0.717, 1.165) is 14.9 Å². The maximum Gasteiger partial charge on any atom is 0.343 e. The summed E-state index contributed by atoms with van der Waals surface area (Å²) in [5, 5.41) is 0. The molecule has 76 valence electrons. The topological polar surface area (TPSA) is 35.5 Å². The molecule has 4 heteroatoms. The van der Waals surface area contributed by atoms with E-state index in [1.165, 1.54) is 7.11 Å². The number of benzene rings is 1. The number of esters is 1. The maximum atomic E-state index is 10.8. The Morgan fingerprint density at radius 1 is 1.50 bits per heavy atom. The molecule has 0 unspecified atom stereocenters. The second-order valence-corrected chi connectivity index (χ2v) is 4.02. The molecule has 0 bridgehead atoms. The maximum absolute atomic E-state index is 10.8. The summed E-state index contributed by atoms with van der Waals surface area (Å²) in [6.07, 6.45) is 0. The Labute approximate surface area is 96.5 Å². The molecule has 0 aliphatic heterocycles. The van der Waals surface area contributed by atoms with Gasteiger partial charge in [0.05, 0.1) is 7.11 Å². The van der Waals surface area contributed by atoms with E-state index in [-0.39, 0.29) is 12.6 Å². The lowest BCUT2D eigenvalue weighted by molar-refractivity contribution is -0.142. The largest absolute Gasteiger partial charge is 0.482 e. The van der Waals surface area contributed by atoms with Gasteiger partial charge >= 0.3 is 5.97 Å². The first kappa shape index (κ1) is 11.3. The number of aryl methyl sites for hydroxylation is 1. The third kappa shape index (κ3) is 3.17. The van der Waals surface area contributed by atoms with Gasteiger partial charge in [-0.2, -0.15) is 0 Å². The minimum Gasteiger partial charge on any atom is -0.482 e. The smallest absolute Gasteiger partial charge is 0.343 e. The van der Waals surface area contributed by atoms with Crippen LogP contribution in [-0.2, 0) is 9.53 Å². The Kier molecular flexibility index (Phi) is 4.19. The van der Waals surface area contributed by atoms with Gasteiger partial charge in [0.25, 0.3) is 0 Å². The molecule has 0 N–H and O–H groups in total. The Morgan fingerprint density at radius 2 is 2.21 bits per heavy atom. The van der Waals surface area contributed by atoms with Gasteiger partial charge in [0, 0.05) is 3.57 Å². The van der Waals surface area contributed by atoms with Crippen molar-refractivity contribution >= 4 is 28.6 Å². The summed E-state index contributed by atoms with van der Waals surface area (Å²) in [5.41, 5.74) is 1.01. The van der Waals surface area contributed by atoms with E-state index in [9.17, 15) is 4.79 Å². The van der Waals surface area contributed by atoms with Crippen LogP contribution < -0.4 is 4.74 Å². The first-order valence-electron chi connectivity index (χ1n) is 4.09. The molecule has 0 amide bonds. The van der Waals surface area contributed by atoms with Crippen molar-refractivity contribution in [1.29, 1.82) is 0 Å². The van der Waals surface area contributed by atoms with Crippen LogP contribution >= 0.6 is 22.6 Å². The summed E-state index contributed by atoms with van der Waals surface area (Å²) in [6.45, 7) is 1.90. The minimum atomic E-state index is -0.372. The van der Waals surface area contributed by atoms with E-state index in [1.54, 1.807) is 0 Å². The number of carbonyl (C=O) groups excluding carboxylic acids is 1. The molecular formula is C10H11IO3. The molecular weight excluding hydrogens is 295 g/mol. The van der Waals surface area contributed by atoms with Crippen LogP contribution in [0.3, 0.4) is 0 Å². The fraction of sp³-hybridized carbons (Fsp3) is 0.300. The average molecular weight is 306 g/mol. The highest BCUT2D eigenvalue weighted by Crippen LogP contribution is 2.19. The molecule has 0 aliphatic carbocycles. The van der Waals surface area contributed by atoms with Gasteiger partial charge in [-0.1, -0.05) is 0 Å².